The Bertz CT molecular complexity index is 780. The lowest BCUT2D eigenvalue weighted by Gasteiger charge is -2.35. The molecule has 2 aliphatic heterocycles. The van der Waals surface area contributed by atoms with Crippen LogP contribution in [0, 0.1) is 6.92 Å². The first-order valence-corrected chi connectivity index (χ1v) is 10.1. The fourth-order valence-corrected chi connectivity index (χ4v) is 3.89. The largest absolute Gasteiger partial charge is 0.383 e. The Balaban J connectivity index is 1.46. The highest BCUT2D eigenvalue weighted by atomic mass is 35.5. The molecule has 4 amide bonds. The fourth-order valence-electron chi connectivity index (χ4n) is 3.71. The predicted octanol–water partition coefficient (Wildman–Crippen LogP) is 1.96. The molecule has 0 radical (unpaired) electrons. The van der Waals surface area contributed by atoms with Crippen molar-refractivity contribution in [3.05, 3.63) is 28.8 Å². The number of carbonyl (C=O) groups excluding carboxylic acids is 3. The molecule has 0 unspecified atom stereocenters. The van der Waals surface area contributed by atoms with E-state index < -0.39 is 0 Å². The molecule has 2 aliphatic rings. The number of urea groups is 1. The number of nitrogens with zero attached hydrogens (tertiary/aromatic N) is 3. The summed E-state index contributed by atoms with van der Waals surface area (Å²) in [5.74, 6) is -0.271. The van der Waals surface area contributed by atoms with Crippen molar-refractivity contribution in [3.63, 3.8) is 0 Å². The van der Waals surface area contributed by atoms with Crippen molar-refractivity contribution in [1.29, 1.82) is 0 Å². The quantitative estimate of drug-likeness (QED) is 0.679. The summed E-state index contributed by atoms with van der Waals surface area (Å²) >= 11 is 6.10. The van der Waals surface area contributed by atoms with E-state index in [1.807, 2.05) is 19.1 Å². The van der Waals surface area contributed by atoms with Crippen molar-refractivity contribution in [2.45, 2.75) is 25.8 Å². The maximum atomic E-state index is 12.5. The molecule has 1 aromatic carbocycles. The van der Waals surface area contributed by atoms with Crippen LogP contribution in [0.2, 0.25) is 5.02 Å². The molecule has 0 atom stereocenters. The molecule has 29 heavy (non-hydrogen) atoms. The van der Waals surface area contributed by atoms with Crippen LogP contribution < -0.4 is 5.32 Å². The summed E-state index contributed by atoms with van der Waals surface area (Å²) in [6.45, 7) is 4.34. The van der Waals surface area contributed by atoms with Gasteiger partial charge in [0, 0.05) is 37.0 Å². The first-order chi connectivity index (χ1) is 13.9. The highest BCUT2D eigenvalue weighted by Crippen LogP contribution is 2.23. The smallest absolute Gasteiger partial charge is 0.327 e. The zero-order chi connectivity index (χ0) is 21.0. The number of aryl methyl sites for hydroxylation is 1. The lowest BCUT2D eigenvalue weighted by Crippen LogP contribution is -2.48. The van der Waals surface area contributed by atoms with Crippen LogP contribution in [0.15, 0.2) is 18.2 Å². The molecule has 158 valence electrons. The average molecular weight is 423 g/mol. The zero-order valence-electron chi connectivity index (χ0n) is 16.8. The van der Waals surface area contributed by atoms with Gasteiger partial charge in [-0.2, -0.15) is 0 Å². The monoisotopic (exact) mass is 422 g/mol. The number of halogens is 1. The molecule has 0 aromatic heterocycles. The summed E-state index contributed by atoms with van der Waals surface area (Å²) in [5, 5.41) is 3.49. The number of nitrogens with one attached hydrogen (secondary N) is 1. The number of carbonyl (C=O) groups is 3. The van der Waals surface area contributed by atoms with E-state index in [1.165, 1.54) is 4.90 Å². The van der Waals surface area contributed by atoms with E-state index >= 15 is 0 Å². The van der Waals surface area contributed by atoms with Gasteiger partial charge in [-0.1, -0.05) is 17.7 Å². The van der Waals surface area contributed by atoms with Crippen molar-refractivity contribution >= 4 is 35.1 Å². The minimum atomic E-state index is -0.237. The molecule has 8 nitrogen and oxygen atoms in total. The van der Waals surface area contributed by atoms with Gasteiger partial charge in [-0.3, -0.25) is 19.4 Å². The minimum Gasteiger partial charge on any atom is -0.383 e. The Hall–Kier alpha value is -2.16. The summed E-state index contributed by atoms with van der Waals surface area (Å²) < 4.78 is 4.97. The van der Waals surface area contributed by atoms with Gasteiger partial charge in [-0.25, -0.2) is 4.79 Å². The summed E-state index contributed by atoms with van der Waals surface area (Å²) in [6, 6.07) is 5.23. The van der Waals surface area contributed by atoms with Crippen LogP contribution in [-0.4, -0.2) is 85.0 Å². The molecule has 0 saturated carbocycles. The van der Waals surface area contributed by atoms with Crippen molar-refractivity contribution < 1.29 is 19.1 Å². The summed E-state index contributed by atoms with van der Waals surface area (Å²) in [6.07, 6.45) is 1.47. The van der Waals surface area contributed by atoms with Crippen molar-refractivity contribution in [2.75, 3.05) is 51.8 Å². The first-order valence-electron chi connectivity index (χ1n) is 9.77. The minimum absolute atomic E-state index is 0.0224. The topological polar surface area (TPSA) is 82.2 Å². The number of imide groups is 1. The van der Waals surface area contributed by atoms with E-state index in [4.69, 9.17) is 16.3 Å². The van der Waals surface area contributed by atoms with Gasteiger partial charge in [0.1, 0.15) is 6.54 Å². The number of hydrogen-bond donors (Lipinski definition) is 1. The van der Waals surface area contributed by atoms with Gasteiger partial charge in [0.25, 0.3) is 0 Å². The van der Waals surface area contributed by atoms with E-state index in [1.54, 1.807) is 18.1 Å². The first kappa shape index (κ1) is 21.5. The van der Waals surface area contributed by atoms with Crippen molar-refractivity contribution in [1.82, 2.24) is 14.7 Å². The van der Waals surface area contributed by atoms with Crippen LogP contribution in [0.5, 0.6) is 0 Å². The predicted molar refractivity (Wildman–Crippen MR) is 110 cm³/mol. The Morgan fingerprint density at radius 2 is 2.00 bits per heavy atom. The molecular weight excluding hydrogens is 396 g/mol. The molecule has 0 spiro atoms. The van der Waals surface area contributed by atoms with Gasteiger partial charge in [0.2, 0.25) is 11.8 Å². The number of amides is 4. The molecule has 0 bridgehead atoms. The third-order valence-corrected chi connectivity index (χ3v) is 5.83. The maximum absolute atomic E-state index is 12.5. The molecule has 1 N–H and O–H groups in total. The number of likely N-dealkylation sites (tertiary alicyclic amines) is 1. The fraction of sp³-hybridized carbons (Fsp3) is 0.550. The van der Waals surface area contributed by atoms with Crippen LogP contribution in [0.1, 0.15) is 18.4 Å². The molecule has 3 rings (SSSR count). The Morgan fingerprint density at radius 3 is 2.66 bits per heavy atom. The molecule has 2 saturated heterocycles. The standard InChI is InChI=1S/C20H27ClN4O4/c1-14-3-4-15(11-17(14)21)22-18(26)12-23-7-5-16(6-8-23)25-13-19(27)24(20(25)28)9-10-29-2/h3-4,11,16H,5-10,12-13H2,1-2H3,(H,22,26). The lowest BCUT2D eigenvalue weighted by atomic mass is 10.0. The number of methoxy groups -OCH3 is 1. The van der Waals surface area contributed by atoms with E-state index in [0.29, 0.717) is 30.4 Å². The number of ether oxygens (including phenoxy) is 1. The molecule has 1 aromatic rings. The van der Waals surface area contributed by atoms with Crippen LogP contribution in [-0.2, 0) is 14.3 Å². The van der Waals surface area contributed by atoms with Gasteiger partial charge in [-0.15, -0.1) is 0 Å². The van der Waals surface area contributed by atoms with Gasteiger partial charge < -0.3 is 15.0 Å². The number of benzene rings is 1. The number of piperidine rings is 1. The van der Waals surface area contributed by atoms with E-state index in [-0.39, 0.29) is 43.5 Å². The zero-order valence-corrected chi connectivity index (χ0v) is 17.6. The third kappa shape index (κ3) is 5.26. The molecule has 2 fully saturated rings. The summed E-state index contributed by atoms with van der Waals surface area (Å²) in [5.41, 5.74) is 1.64. The second kappa shape index (κ2) is 9.56. The maximum Gasteiger partial charge on any atom is 0.327 e. The molecule has 2 heterocycles. The van der Waals surface area contributed by atoms with Crippen molar-refractivity contribution in [3.8, 4) is 0 Å². The van der Waals surface area contributed by atoms with Crippen LogP contribution in [0.3, 0.4) is 0 Å². The second-order valence-corrected chi connectivity index (χ2v) is 7.88. The second-order valence-electron chi connectivity index (χ2n) is 7.47. The van der Waals surface area contributed by atoms with Crippen molar-refractivity contribution in [2.24, 2.45) is 0 Å². The Kier molecular flexibility index (Phi) is 7.10. The summed E-state index contributed by atoms with van der Waals surface area (Å²) in [4.78, 5) is 41.9. The average Bonchev–Trinajstić information content (AvgIpc) is 2.97. The Labute approximate surface area is 175 Å². The SMILES string of the molecule is COCCN1C(=O)CN(C2CCN(CC(=O)Nc3ccc(C)c(Cl)c3)CC2)C1=O. The normalized spacial score (nSPS) is 18.6. The van der Waals surface area contributed by atoms with Gasteiger partial charge >= 0.3 is 6.03 Å². The van der Waals surface area contributed by atoms with Gasteiger partial charge in [0.15, 0.2) is 0 Å². The van der Waals surface area contributed by atoms with E-state index in [2.05, 4.69) is 10.2 Å². The third-order valence-electron chi connectivity index (χ3n) is 5.42. The van der Waals surface area contributed by atoms with Crippen LogP contribution in [0.4, 0.5) is 10.5 Å². The van der Waals surface area contributed by atoms with Crippen LogP contribution in [0.25, 0.3) is 0 Å². The number of rotatable bonds is 7. The van der Waals surface area contributed by atoms with E-state index in [0.717, 1.165) is 18.4 Å². The number of anilines is 1. The van der Waals surface area contributed by atoms with Gasteiger partial charge in [0.05, 0.1) is 19.7 Å². The molecule has 9 heteroatoms. The van der Waals surface area contributed by atoms with Crippen LogP contribution >= 0.6 is 11.6 Å². The molecule has 0 aliphatic carbocycles. The van der Waals surface area contributed by atoms with Gasteiger partial charge in [-0.05, 0) is 37.5 Å². The number of hydrogen-bond acceptors (Lipinski definition) is 5. The Morgan fingerprint density at radius 1 is 1.28 bits per heavy atom. The highest BCUT2D eigenvalue weighted by molar-refractivity contribution is 6.31. The summed E-state index contributed by atoms with van der Waals surface area (Å²) in [7, 11) is 1.54. The molecular formula is C20H27ClN4O4. The lowest BCUT2D eigenvalue weighted by molar-refractivity contribution is -0.125. The highest BCUT2D eigenvalue weighted by Gasteiger charge is 2.40. The van der Waals surface area contributed by atoms with E-state index in [9.17, 15) is 14.4 Å².